The average molecular weight is 574 g/mol. The summed E-state index contributed by atoms with van der Waals surface area (Å²) in [5.41, 5.74) is 3.78. The molecule has 3 aliphatic heterocycles. The van der Waals surface area contributed by atoms with Gasteiger partial charge in [-0.3, -0.25) is 14.4 Å². The Morgan fingerprint density at radius 2 is 1.83 bits per heavy atom. The Bertz CT molecular complexity index is 1350. The van der Waals surface area contributed by atoms with Crippen LogP contribution in [0.4, 0.5) is 5.69 Å². The van der Waals surface area contributed by atoms with Gasteiger partial charge in [0.15, 0.2) is 0 Å². The molecule has 5 rings (SSSR count). The minimum Gasteiger partial charge on any atom is -0.395 e. The molecule has 0 aromatic heterocycles. The van der Waals surface area contributed by atoms with Gasteiger partial charge in [0.2, 0.25) is 11.8 Å². The van der Waals surface area contributed by atoms with Gasteiger partial charge in [-0.15, -0.1) is 24.9 Å². The number of likely N-dealkylation sites (tertiary alicyclic amines) is 1. The summed E-state index contributed by atoms with van der Waals surface area (Å²) < 4.78 is -0.724. The largest absolute Gasteiger partial charge is 0.395 e. The molecule has 3 heterocycles. The Kier molecular flexibility index (Phi) is 8.43. The van der Waals surface area contributed by atoms with Crippen LogP contribution >= 0.6 is 11.8 Å². The number of nitrogens with zero attached hydrogens (tertiary/aromatic N) is 3. The molecule has 3 saturated heterocycles. The Balaban J connectivity index is 1.52. The van der Waals surface area contributed by atoms with Crippen LogP contribution in [-0.2, 0) is 20.9 Å². The molecule has 8 heteroatoms. The van der Waals surface area contributed by atoms with Crippen molar-refractivity contribution in [3.8, 4) is 0 Å². The molecule has 0 radical (unpaired) electrons. The fraction of sp³-hybridized carbons (Fsp3) is 0.424. The maximum Gasteiger partial charge on any atom is 0.251 e. The van der Waals surface area contributed by atoms with Crippen molar-refractivity contribution in [3.05, 3.63) is 90.5 Å². The summed E-state index contributed by atoms with van der Waals surface area (Å²) in [5, 5.41) is 9.94. The summed E-state index contributed by atoms with van der Waals surface area (Å²) in [4.78, 5) is 48.1. The third-order valence-electron chi connectivity index (χ3n) is 8.77. The van der Waals surface area contributed by atoms with Crippen molar-refractivity contribution in [3.63, 3.8) is 0 Å². The van der Waals surface area contributed by atoms with E-state index in [1.807, 2.05) is 62.4 Å². The maximum atomic E-state index is 14.6. The van der Waals surface area contributed by atoms with E-state index in [0.29, 0.717) is 26.1 Å². The van der Waals surface area contributed by atoms with Gasteiger partial charge in [-0.2, -0.15) is 0 Å². The van der Waals surface area contributed by atoms with E-state index < -0.39 is 22.6 Å². The number of benzene rings is 2. The monoisotopic (exact) mass is 573 g/mol. The summed E-state index contributed by atoms with van der Waals surface area (Å²) in [6, 6.07) is 15.0. The third kappa shape index (κ3) is 5.01. The summed E-state index contributed by atoms with van der Waals surface area (Å²) in [6.07, 6.45) is 4.86. The molecule has 2 aromatic rings. The highest BCUT2D eigenvalue weighted by Crippen LogP contribution is 2.66. The lowest BCUT2D eigenvalue weighted by atomic mass is 9.70. The first-order chi connectivity index (χ1) is 19.8. The van der Waals surface area contributed by atoms with Gasteiger partial charge in [-0.25, -0.2) is 0 Å². The predicted molar refractivity (Wildman–Crippen MR) is 163 cm³/mol. The number of carbonyl (C=O) groups is 3. The van der Waals surface area contributed by atoms with Crippen molar-refractivity contribution >= 4 is 35.2 Å². The molecule has 216 valence electrons. The number of aliphatic hydroxyl groups excluding tert-OH is 1. The minimum absolute atomic E-state index is 0.0420. The number of aryl methyl sites for hydroxylation is 2. The SMILES string of the molecule is C=CCN(Cc1ccccc1)C(=O)[C@@H]1[C@H]2C(=O)N(CCO)C(C(=O)N(CC=C)c3cc(C)ccc3C)C23CC[C@H]1S3. The second-order valence-electron chi connectivity index (χ2n) is 11.3. The first kappa shape index (κ1) is 29.1. The van der Waals surface area contributed by atoms with Crippen LogP contribution in [0.25, 0.3) is 0 Å². The van der Waals surface area contributed by atoms with Gasteiger partial charge < -0.3 is 19.8 Å². The van der Waals surface area contributed by atoms with Crippen LogP contribution in [0.2, 0.25) is 0 Å². The van der Waals surface area contributed by atoms with E-state index in [0.717, 1.165) is 28.8 Å². The van der Waals surface area contributed by atoms with Gasteiger partial charge in [0, 0.05) is 37.1 Å². The lowest BCUT2D eigenvalue weighted by Crippen LogP contribution is -2.55. The molecular formula is C33H39N3O4S. The molecular weight excluding hydrogens is 534 g/mol. The van der Waals surface area contributed by atoms with Crippen LogP contribution in [0.15, 0.2) is 73.8 Å². The number of anilines is 1. The summed E-state index contributed by atoms with van der Waals surface area (Å²) in [6.45, 7) is 12.6. The fourth-order valence-corrected chi connectivity index (χ4v) is 9.27. The van der Waals surface area contributed by atoms with Crippen molar-refractivity contribution in [2.45, 2.75) is 49.3 Å². The van der Waals surface area contributed by atoms with Gasteiger partial charge in [0.1, 0.15) is 6.04 Å². The molecule has 2 aromatic carbocycles. The number of aliphatic hydroxyl groups is 1. The Labute approximate surface area is 246 Å². The zero-order valence-electron chi connectivity index (χ0n) is 23.9. The van der Waals surface area contributed by atoms with E-state index in [2.05, 4.69) is 13.2 Å². The smallest absolute Gasteiger partial charge is 0.251 e. The highest BCUT2D eigenvalue weighted by Gasteiger charge is 2.74. The van der Waals surface area contributed by atoms with Gasteiger partial charge in [-0.05, 0) is 49.4 Å². The second kappa shape index (κ2) is 11.9. The van der Waals surface area contributed by atoms with E-state index in [1.165, 1.54) is 0 Å². The lowest BCUT2D eigenvalue weighted by molar-refractivity contribution is -0.144. The molecule has 3 fully saturated rings. The van der Waals surface area contributed by atoms with Crippen molar-refractivity contribution in [2.24, 2.45) is 11.8 Å². The first-order valence-electron chi connectivity index (χ1n) is 14.3. The zero-order valence-corrected chi connectivity index (χ0v) is 24.7. The Morgan fingerprint density at radius 1 is 1.10 bits per heavy atom. The van der Waals surface area contributed by atoms with Gasteiger partial charge in [0.25, 0.3) is 5.91 Å². The number of amides is 3. The van der Waals surface area contributed by atoms with Crippen LogP contribution in [-0.4, -0.2) is 74.9 Å². The van der Waals surface area contributed by atoms with Crippen LogP contribution < -0.4 is 4.90 Å². The average Bonchev–Trinajstić information content (AvgIpc) is 3.60. The van der Waals surface area contributed by atoms with Crippen LogP contribution in [0, 0.1) is 25.7 Å². The maximum absolute atomic E-state index is 14.6. The van der Waals surface area contributed by atoms with Crippen LogP contribution in [0.5, 0.6) is 0 Å². The van der Waals surface area contributed by atoms with Crippen molar-refractivity contribution in [1.29, 1.82) is 0 Å². The summed E-state index contributed by atoms with van der Waals surface area (Å²) in [5.74, 6) is -1.61. The highest BCUT2D eigenvalue weighted by atomic mass is 32.2. The molecule has 3 amide bonds. The molecule has 0 saturated carbocycles. The van der Waals surface area contributed by atoms with Gasteiger partial charge >= 0.3 is 0 Å². The highest BCUT2D eigenvalue weighted by molar-refractivity contribution is 8.02. The molecule has 0 aliphatic carbocycles. The second-order valence-corrected chi connectivity index (χ2v) is 12.9. The molecule has 1 spiro atoms. The topological polar surface area (TPSA) is 81.2 Å². The lowest BCUT2D eigenvalue weighted by Gasteiger charge is -2.38. The molecule has 5 atom stereocenters. The molecule has 2 bridgehead atoms. The van der Waals surface area contributed by atoms with Crippen molar-refractivity contribution in [1.82, 2.24) is 9.80 Å². The molecule has 2 unspecified atom stereocenters. The van der Waals surface area contributed by atoms with E-state index in [9.17, 15) is 19.5 Å². The molecule has 41 heavy (non-hydrogen) atoms. The molecule has 7 nitrogen and oxygen atoms in total. The zero-order chi connectivity index (χ0) is 29.3. The minimum atomic E-state index is -0.776. The molecule has 3 aliphatic rings. The van der Waals surface area contributed by atoms with E-state index in [-0.39, 0.29) is 36.1 Å². The summed E-state index contributed by atoms with van der Waals surface area (Å²) >= 11 is 1.64. The Morgan fingerprint density at radius 3 is 2.51 bits per heavy atom. The van der Waals surface area contributed by atoms with Crippen LogP contribution in [0.1, 0.15) is 29.5 Å². The van der Waals surface area contributed by atoms with E-state index in [1.54, 1.807) is 38.6 Å². The number of carbonyl (C=O) groups excluding carboxylic acids is 3. The standard InChI is InChI=1S/C33H39N3O4S/c1-5-16-34(21-24-10-8-7-9-11-24)30(38)27-26-14-15-33(41-26)28(27)31(39)36(18-19-37)29(33)32(40)35(17-6-2)25-20-22(3)12-13-23(25)4/h5-13,20,26-29,37H,1-2,14-19,21H2,3-4H3/t26-,27+,28+,29?,33?/m1/s1. The number of hydrogen-bond acceptors (Lipinski definition) is 5. The van der Waals surface area contributed by atoms with Crippen LogP contribution in [0.3, 0.4) is 0 Å². The van der Waals surface area contributed by atoms with Gasteiger partial charge in [0.05, 0.1) is 23.2 Å². The predicted octanol–water partition coefficient (Wildman–Crippen LogP) is 4.12. The van der Waals surface area contributed by atoms with E-state index in [4.69, 9.17) is 0 Å². The quantitative estimate of drug-likeness (QED) is 0.409. The number of thioether (sulfide) groups is 1. The third-order valence-corrected chi connectivity index (χ3v) is 10.7. The first-order valence-corrected chi connectivity index (χ1v) is 15.2. The van der Waals surface area contributed by atoms with Crippen molar-refractivity contribution in [2.75, 3.05) is 31.1 Å². The van der Waals surface area contributed by atoms with Gasteiger partial charge in [-0.1, -0.05) is 54.6 Å². The number of fused-ring (bicyclic) bond motifs is 1. The normalized spacial score (nSPS) is 26.1. The van der Waals surface area contributed by atoms with E-state index >= 15 is 0 Å². The molecule has 1 N–H and O–H groups in total. The number of rotatable bonds is 11. The number of β-amino-alcohol motifs (C(OH)–C–C–N with tert-alkyl or cyclic N) is 1. The Hall–Kier alpha value is -3.36. The number of hydrogen-bond donors (Lipinski definition) is 1. The fourth-order valence-electron chi connectivity index (χ4n) is 7.06. The summed E-state index contributed by atoms with van der Waals surface area (Å²) in [7, 11) is 0. The van der Waals surface area contributed by atoms with Crippen molar-refractivity contribution < 1.29 is 19.5 Å².